The summed E-state index contributed by atoms with van der Waals surface area (Å²) in [5.41, 5.74) is 2.01. The van der Waals surface area contributed by atoms with Crippen molar-refractivity contribution in [2.24, 2.45) is 0 Å². The van der Waals surface area contributed by atoms with Gasteiger partial charge in [0.1, 0.15) is 0 Å². The minimum atomic E-state index is -4.33. The summed E-state index contributed by atoms with van der Waals surface area (Å²) in [6, 6.07) is 106. The number of rotatable bonds is 21. The Bertz CT molecular complexity index is 3140. The van der Waals surface area contributed by atoms with Crippen LogP contribution in [-0.2, 0) is 20.6 Å². The van der Waals surface area contributed by atoms with Crippen LogP contribution in [0.2, 0.25) is 13.1 Å². The van der Waals surface area contributed by atoms with Gasteiger partial charge in [-0.3, -0.25) is 0 Å². The Balaban J connectivity index is 1.35. The average molecular weight is 1080 g/mol. The van der Waals surface area contributed by atoms with Crippen LogP contribution >= 0.6 is 0 Å². The molecule has 0 fully saturated rings. The van der Waals surface area contributed by atoms with Gasteiger partial charge in [0.15, 0.2) is 0 Å². The minimum Gasteiger partial charge on any atom is -0.426 e. The van der Waals surface area contributed by atoms with Crippen LogP contribution in [0.1, 0.15) is 0 Å². The molecule has 5 nitrogen and oxygen atoms in total. The third-order valence-electron chi connectivity index (χ3n) is 13.5. The molecule has 0 aromatic heterocycles. The van der Waals surface area contributed by atoms with Crippen LogP contribution in [0.3, 0.4) is 0 Å². The Morgan fingerprint density at radius 3 is 0.680 bits per heavy atom. The highest BCUT2D eigenvalue weighted by atomic mass is 28.5. The zero-order chi connectivity index (χ0) is 51.4. The molecule has 0 amide bonds. The van der Waals surface area contributed by atoms with Gasteiger partial charge < -0.3 is 20.6 Å². The molecule has 0 saturated heterocycles. The molecule has 0 aliphatic carbocycles. The quantitative estimate of drug-likeness (QED) is 0.0697. The molecule has 10 rings (SSSR count). The summed E-state index contributed by atoms with van der Waals surface area (Å²) in [7, 11) is -22.0. The van der Waals surface area contributed by atoms with E-state index in [1.165, 1.54) is 0 Å². The van der Waals surface area contributed by atoms with E-state index < -0.39 is 51.6 Å². The summed E-state index contributed by atoms with van der Waals surface area (Å²) in [4.78, 5) is 0. The predicted molar refractivity (Wildman–Crippen MR) is 324 cm³/mol. The number of hydrogen-bond acceptors (Lipinski definition) is 5. The van der Waals surface area contributed by atoms with Gasteiger partial charge in [-0.15, -0.1) is 6.58 Å². The third-order valence-corrected chi connectivity index (χ3v) is 37.6. The monoisotopic (exact) mass is 1080 g/mol. The summed E-state index contributed by atoms with van der Waals surface area (Å²) in [6.07, 6.45) is 0. The zero-order valence-corrected chi connectivity index (χ0v) is 48.4. The van der Waals surface area contributed by atoms with Crippen molar-refractivity contribution < 1.29 is 20.6 Å². The van der Waals surface area contributed by atoms with E-state index in [1.807, 2.05) is 5.70 Å². The van der Waals surface area contributed by atoms with E-state index in [1.54, 1.807) is 0 Å². The van der Waals surface area contributed by atoms with E-state index in [2.05, 4.69) is 323 Å². The molecule has 0 radical (unpaired) electrons. The highest BCUT2D eigenvalue weighted by molar-refractivity contribution is 7.13. The van der Waals surface area contributed by atoms with Crippen LogP contribution in [-0.4, -0.2) is 51.6 Å². The topological polar surface area (TPSA) is 46.2 Å². The minimum absolute atomic E-state index is 0.905. The molecule has 0 atom stereocenters. The summed E-state index contributed by atoms with van der Waals surface area (Å²) in [5, 5.41) is 9.72. The maximum atomic E-state index is 8.96. The lowest BCUT2D eigenvalue weighted by Crippen LogP contribution is -2.83. The van der Waals surface area contributed by atoms with Gasteiger partial charge in [-0.1, -0.05) is 309 Å². The van der Waals surface area contributed by atoms with E-state index in [9.17, 15) is 0 Å². The van der Waals surface area contributed by atoms with Crippen molar-refractivity contribution in [3.8, 4) is 0 Å². The first-order valence-electron chi connectivity index (χ1n) is 25.5. The van der Waals surface area contributed by atoms with E-state index in [0.29, 0.717) is 0 Å². The Kier molecular flexibility index (Phi) is 16.0. The summed E-state index contributed by atoms with van der Waals surface area (Å²) in [5.74, 6) is 0. The van der Waals surface area contributed by atoms with E-state index in [0.717, 1.165) is 51.9 Å². The highest BCUT2D eigenvalue weighted by Crippen LogP contribution is 2.29. The second-order valence-corrected chi connectivity index (χ2v) is 38.4. The Morgan fingerprint density at radius 1 is 0.267 bits per heavy atom. The SMILES string of the molecule is C=C[Si](C)(C)O[Si](O[Si](O[Si](O[Si](O[SiH](c1ccccc1)c1ccccc1)(c1ccccc1)c1ccccc1)(c1ccccc1)c1ccccc1)(c1ccccc1)c1ccccc1)(c1ccccc1)c1ccccc1. The number of hydrogen-bond donors (Lipinski definition) is 0. The molecular formula is C64H60O5Si6. The molecule has 11 heteroatoms. The smallest absolute Gasteiger partial charge is 0.390 e. The van der Waals surface area contributed by atoms with Gasteiger partial charge in [-0.05, 0) is 65.0 Å². The van der Waals surface area contributed by atoms with Crippen molar-refractivity contribution in [1.29, 1.82) is 0 Å². The molecule has 10 aromatic carbocycles. The Morgan fingerprint density at radius 2 is 0.453 bits per heavy atom. The first kappa shape index (κ1) is 51.5. The second kappa shape index (κ2) is 23.3. The molecule has 0 spiro atoms. The van der Waals surface area contributed by atoms with Crippen LogP contribution in [0.15, 0.2) is 316 Å². The lowest BCUT2D eigenvalue weighted by molar-refractivity contribution is 0.312. The van der Waals surface area contributed by atoms with Gasteiger partial charge in [0.25, 0.3) is 0 Å². The first-order valence-corrected chi connectivity index (χ1v) is 37.3. The fourth-order valence-electron chi connectivity index (χ4n) is 9.74. The largest absolute Gasteiger partial charge is 0.426 e. The molecule has 0 aliphatic rings. The zero-order valence-electron chi connectivity index (χ0n) is 42.3. The molecule has 75 heavy (non-hydrogen) atoms. The van der Waals surface area contributed by atoms with Gasteiger partial charge in [0.2, 0.25) is 17.4 Å². The van der Waals surface area contributed by atoms with E-state index >= 15 is 0 Å². The van der Waals surface area contributed by atoms with E-state index in [4.69, 9.17) is 20.6 Å². The van der Waals surface area contributed by atoms with Crippen LogP contribution < -0.4 is 51.9 Å². The van der Waals surface area contributed by atoms with Gasteiger partial charge in [0.05, 0.1) is 0 Å². The Labute approximate surface area is 449 Å². The van der Waals surface area contributed by atoms with Crippen molar-refractivity contribution in [3.05, 3.63) is 316 Å². The molecule has 0 unspecified atom stereocenters. The molecule has 0 aliphatic heterocycles. The van der Waals surface area contributed by atoms with Gasteiger partial charge in [0, 0.05) is 0 Å². The normalized spacial score (nSPS) is 12.3. The van der Waals surface area contributed by atoms with Gasteiger partial charge >= 0.3 is 34.2 Å². The molecule has 370 valence electrons. The standard InChI is InChI=1S/C64H60O5Si6/c1-4-71(2,3)66-73(59-43-23-9-24-44-59,60-45-25-10-26-46-60)68-75(63-51-31-13-32-52-63,64-53-33-14-34-54-64)69-74(61-47-27-11-28-48-61,62-49-29-12-30-50-62)67-72(57-39-19-7-20-40-57,58-41-21-8-22-42-58)65-70(55-35-15-5-16-36-55)56-37-17-6-18-38-56/h4-54,70H,1H2,2-3H3. The van der Waals surface area contributed by atoms with Crippen molar-refractivity contribution in [2.45, 2.75) is 13.1 Å². The molecule has 0 N–H and O–H groups in total. The van der Waals surface area contributed by atoms with Crippen LogP contribution in [0.4, 0.5) is 0 Å². The summed E-state index contributed by atoms with van der Waals surface area (Å²) < 4.78 is 42.9. The molecule has 0 saturated carbocycles. The van der Waals surface area contributed by atoms with Crippen molar-refractivity contribution in [2.75, 3.05) is 0 Å². The van der Waals surface area contributed by atoms with Crippen LogP contribution in [0.5, 0.6) is 0 Å². The van der Waals surface area contributed by atoms with E-state index in [-0.39, 0.29) is 0 Å². The maximum Gasteiger partial charge on any atom is 0.390 e. The Hall–Kier alpha value is -6.96. The lowest BCUT2D eigenvalue weighted by Gasteiger charge is -2.49. The molecule has 0 heterocycles. The van der Waals surface area contributed by atoms with Crippen molar-refractivity contribution >= 4 is 103 Å². The average Bonchev–Trinajstić information content (AvgIpc) is 3.49. The maximum absolute atomic E-state index is 8.96. The van der Waals surface area contributed by atoms with Crippen LogP contribution in [0, 0.1) is 0 Å². The van der Waals surface area contributed by atoms with Crippen molar-refractivity contribution in [1.82, 2.24) is 0 Å². The predicted octanol–water partition coefficient (Wildman–Crippen LogP) is 7.56. The second-order valence-electron chi connectivity index (χ2n) is 18.9. The molecule has 0 bridgehead atoms. The van der Waals surface area contributed by atoms with Gasteiger partial charge in [-0.2, -0.15) is 0 Å². The highest BCUT2D eigenvalue weighted by Gasteiger charge is 2.63. The molecule has 10 aromatic rings. The van der Waals surface area contributed by atoms with Crippen LogP contribution in [0.25, 0.3) is 0 Å². The summed E-state index contributed by atoms with van der Waals surface area (Å²) >= 11 is 0. The fourth-order valence-corrected chi connectivity index (χ4v) is 38.2. The number of benzene rings is 10. The van der Waals surface area contributed by atoms with Gasteiger partial charge in [-0.25, -0.2) is 0 Å². The summed E-state index contributed by atoms with van der Waals surface area (Å²) in [6.45, 7) is 8.77. The lowest BCUT2D eigenvalue weighted by atomic mass is 10.4. The fraction of sp³-hybridized carbons (Fsp3) is 0.0312. The van der Waals surface area contributed by atoms with Crippen molar-refractivity contribution in [3.63, 3.8) is 0 Å². The molecular weight excluding hydrogens is 1020 g/mol. The third kappa shape index (κ3) is 10.9. The first-order chi connectivity index (χ1) is 36.8.